The molecule has 2 heterocycles. The first-order valence-corrected chi connectivity index (χ1v) is 7.29. The first-order valence-electron chi connectivity index (χ1n) is 7.29. The van der Waals surface area contributed by atoms with Crippen LogP contribution < -0.4 is 0 Å². The second-order valence-corrected chi connectivity index (χ2v) is 5.99. The molecule has 0 aromatic heterocycles. The summed E-state index contributed by atoms with van der Waals surface area (Å²) in [6, 6.07) is 8.77. The summed E-state index contributed by atoms with van der Waals surface area (Å²) in [6.45, 7) is 2.09. The highest BCUT2D eigenvalue weighted by atomic mass is 16.5. The van der Waals surface area contributed by atoms with E-state index < -0.39 is 0 Å². The fourth-order valence-corrected chi connectivity index (χ4v) is 4.46. The molecule has 0 unspecified atom stereocenters. The van der Waals surface area contributed by atoms with E-state index in [-0.39, 0.29) is 5.60 Å². The predicted octanol–water partition coefficient (Wildman–Crippen LogP) is 4.08. The molecule has 3 aliphatic rings. The van der Waals surface area contributed by atoms with E-state index >= 15 is 0 Å². The number of hydrogen-bond donors (Lipinski definition) is 0. The highest BCUT2D eigenvalue weighted by molar-refractivity contribution is 5.49. The fraction of sp³-hybridized carbons (Fsp3) is 0.529. The van der Waals surface area contributed by atoms with Crippen molar-refractivity contribution in [2.75, 3.05) is 7.11 Å². The zero-order valence-corrected chi connectivity index (χ0v) is 11.6. The third-order valence-corrected chi connectivity index (χ3v) is 5.27. The maximum atomic E-state index is 6.53. The SMILES string of the molecule is CO/C(C)=C1/CCC[C@@H]2C[C@@H]3O[C@]12c1ccccc13. The van der Waals surface area contributed by atoms with Crippen LogP contribution in [0.4, 0.5) is 0 Å². The Bertz CT molecular complexity index is 560. The van der Waals surface area contributed by atoms with E-state index in [9.17, 15) is 0 Å². The Morgan fingerprint density at radius 3 is 3.05 bits per heavy atom. The second-order valence-electron chi connectivity index (χ2n) is 5.99. The van der Waals surface area contributed by atoms with Crippen LogP contribution in [0.15, 0.2) is 35.6 Å². The molecular formula is C17H20O2. The van der Waals surface area contributed by atoms with Crippen molar-refractivity contribution in [3.63, 3.8) is 0 Å². The summed E-state index contributed by atoms with van der Waals surface area (Å²) in [4.78, 5) is 0. The van der Waals surface area contributed by atoms with Gasteiger partial charge < -0.3 is 9.47 Å². The van der Waals surface area contributed by atoms with Crippen LogP contribution in [-0.2, 0) is 15.1 Å². The molecule has 1 saturated heterocycles. The highest BCUT2D eigenvalue weighted by Gasteiger charge is 2.60. The molecule has 0 amide bonds. The molecular weight excluding hydrogens is 236 g/mol. The smallest absolute Gasteiger partial charge is 0.122 e. The number of rotatable bonds is 1. The lowest BCUT2D eigenvalue weighted by Gasteiger charge is -2.41. The Kier molecular flexibility index (Phi) is 2.34. The van der Waals surface area contributed by atoms with Crippen LogP contribution in [0.1, 0.15) is 49.8 Å². The van der Waals surface area contributed by atoms with Crippen molar-refractivity contribution < 1.29 is 9.47 Å². The Labute approximate surface area is 114 Å². The molecule has 1 aromatic rings. The third-order valence-electron chi connectivity index (χ3n) is 5.27. The van der Waals surface area contributed by atoms with E-state index in [0.717, 1.165) is 12.2 Å². The van der Waals surface area contributed by atoms with E-state index in [4.69, 9.17) is 9.47 Å². The van der Waals surface area contributed by atoms with Gasteiger partial charge in [0.2, 0.25) is 0 Å². The monoisotopic (exact) mass is 256 g/mol. The molecule has 2 nitrogen and oxygen atoms in total. The molecule has 2 heteroatoms. The van der Waals surface area contributed by atoms with Crippen LogP contribution >= 0.6 is 0 Å². The Morgan fingerprint density at radius 2 is 2.21 bits per heavy atom. The van der Waals surface area contributed by atoms with Gasteiger partial charge in [-0.25, -0.2) is 0 Å². The van der Waals surface area contributed by atoms with Crippen molar-refractivity contribution in [3.8, 4) is 0 Å². The topological polar surface area (TPSA) is 18.5 Å². The summed E-state index contributed by atoms with van der Waals surface area (Å²) in [5.74, 6) is 1.70. The highest BCUT2D eigenvalue weighted by Crippen LogP contribution is 2.65. The largest absolute Gasteiger partial charge is 0.501 e. The number of allylic oxidation sites excluding steroid dienone is 1. The fourth-order valence-electron chi connectivity index (χ4n) is 4.46. The summed E-state index contributed by atoms with van der Waals surface area (Å²) in [6.07, 6.45) is 5.14. The molecule has 1 aliphatic carbocycles. The van der Waals surface area contributed by atoms with Gasteiger partial charge in [0, 0.05) is 5.57 Å². The molecule has 2 bridgehead atoms. The normalized spacial score (nSPS) is 37.8. The summed E-state index contributed by atoms with van der Waals surface area (Å²) in [7, 11) is 1.77. The predicted molar refractivity (Wildman–Crippen MR) is 73.6 cm³/mol. The molecule has 4 rings (SSSR count). The minimum absolute atomic E-state index is 0.167. The maximum absolute atomic E-state index is 6.53. The van der Waals surface area contributed by atoms with E-state index in [1.165, 1.54) is 36.0 Å². The van der Waals surface area contributed by atoms with Crippen molar-refractivity contribution >= 4 is 0 Å². The van der Waals surface area contributed by atoms with Crippen molar-refractivity contribution in [3.05, 3.63) is 46.7 Å². The average Bonchev–Trinajstić information content (AvgIpc) is 2.99. The summed E-state index contributed by atoms with van der Waals surface area (Å²) < 4.78 is 12.1. The molecule has 1 aromatic carbocycles. The van der Waals surface area contributed by atoms with E-state index in [0.29, 0.717) is 12.0 Å². The quantitative estimate of drug-likeness (QED) is 0.705. The first kappa shape index (κ1) is 11.5. The average molecular weight is 256 g/mol. The zero-order chi connectivity index (χ0) is 13.0. The van der Waals surface area contributed by atoms with E-state index in [1.54, 1.807) is 7.11 Å². The number of ether oxygens (including phenoxy) is 2. The van der Waals surface area contributed by atoms with Crippen molar-refractivity contribution in [2.24, 2.45) is 5.92 Å². The minimum atomic E-state index is -0.167. The lowest BCUT2D eigenvalue weighted by Crippen LogP contribution is -2.38. The number of hydrogen-bond acceptors (Lipinski definition) is 2. The van der Waals surface area contributed by atoms with Gasteiger partial charge in [0.15, 0.2) is 0 Å². The van der Waals surface area contributed by atoms with Gasteiger partial charge in [-0.3, -0.25) is 0 Å². The molecule has 0 N–H and O–H groups in total. The molecule has 19 heavy (non-hydrogen) atoms. The first-order chi connectivity index (χ1) is 9.27. The van der Waals surface area contributed by atoms with Gasteiger partial charge in [-0.1, -0.05) is 24.3 Å². The van der Waals surface area contributed by atoms with Crippen molar-refractivity contribution in [1.82, 2.24) is 0 Å². The molecule has 100 valence electrons. The molecule has 1 saturated carbocycles. The maximum Gasteiger partial charge on any atom is 0.122 e. The van der Waals surface area contributed by atoms with Gasteiger partial charge in [0.05, 0.1) is 19.0 Å². The minimum Gasteiger partial charge on any atom is -0.501 e. The van der Waals surface area contributed by atoms with Crippen LogP contribution in [0.5, 0.6) is 0 Å². The van der Waals surface area contributed by atoms with Gasteiger partial charge in [0.25, 0.3) is 0 Å². The molecule has 2 fully saturated rings. The Hall–Kier alpha value is -1.28. The van der Waals surface area contributed by atoms with Crippen molar-refractivity contribution in [1.29, 1.82) is 0 Å². The lowest BCUT2D eigenvalue weighted by atomic mass is 9.64. The van der Waals surface area contributed by atoms with Crippen LogP contribution in [0, 0.1) is 5.92 Å². The lowest BCUT2D eigenvalue weighted by molar-refractivity contribution is -0.0270. The van der Waals surface area contributed by atoms with Gasteiger partial charge in [-0.15, -0.1) is 0 Å². The van der Waals surface area contributed by atoms with Gasteiger partial charge in [-0.05, 0) is 49.7 Å². The summed E-state index contributed by atoms with van der Waals surface area (Å²) in [5, 5.41) is 0. The van der Waals surface area contributed by atoms with Gasteiger partial charge in [-0.2, -0.15) is 0 Å². The molecule has 2 aliphatic heterocycles. The van der Waals surface area contributed by atoms with Crippen LogP contribution in [0.3, 0.4) is 0 Å². The third kappa shape index (κ3) is 1.30. The Balaban J connectivity index is 1.96. The van der Waals surface area contributed by atoms with Crippen LogP contribution in [0.25, 0.3) is 0 Å². The number of benzene rings is 1. The molecule has 3 atom stereocenters. The van der Waals surface area contributed by atoms with E-state index in [2.05, 4.69) is 31.2 Å². The zero-order valence-electron chi connectivity index (χ0n) is 11.6. The van der Waals surface area contributed by atoms with Gasteiger partial charge >= 0.3 is 0 Å². The number of fused-ring (bicyclic) bond motifs is 3. The summed E-state index contributed by atoms with van der Waals surface area (Å²) in [5.41, 5.74) is 4.03. The number of methoxy groups -OCH3 is 1. The van der Waals surface area contributed by atoms with Crippen LogP contribution in [-0.4, -0.2) is 7.11 Å². The molecule has 1 spiro atoms. The van der Waals surface area contributed by atoms with Gasteiger partial charge in [0.1, 0.15) is 5.60 Å². The Morgan fingerprint density at radius 1 is 1.37 bits per heavy atom. The summed E-state index contributed by atoms with van der Waals surface area (Å²) >= 11 is 0. The second kappa shape index (κ2) is 3.86. The van der Waals surface area contributed by atoms with E-state index in [1.807, 2.05) is 0 Å². The standard InChI is InChI=1S/C17H20O2/c1-11(18-2)14-9-5-6-12-10-16-13-7-3-4-8-15(13)17(12,14)19-16/h3-4,7-8,12,16H,5-6,9-10H2,1-2H3/b14-11-/t12-,16+,17+/m1/s1. The molecule has 0 radical (unpaired) electrons. The van der Waals surface area contributed by atoms with Crippen LogP contribution in [0.2, 0.25) is 0 Å². The van der Waals surface area contributed by atoms with Crippen molar-refractivity contribution in [2.45, 2.75) is 44.3 Å².